The quantitative estimate of drug-likeness (QED) is 0.631. The molecule has 1 aliphatic rings. The van der Waals surface area contributed by atoms with E-state index in [1.165, 1.54) is 4.31 Å². The Kier molecular flexibility index (Phi) is 6.92. The number of methoxy groups -OCH3 is 1. The highest BCUT2D eigenvalue weighted by Gasteiger charge is 2.27. The van der Waals surface area contributed by atoms with Crippen molar-refractivity contribution in [1.29, 1.82) is 0 Å². The van der Waals surface area contributed by atoms with Crippen LogP contribution in [-0.4, -0.2) is 42.0 Å². The highest BCUT2D eigenvalue weighted by molar-refractivity contribution is 7.93. The fourth-order valence-electron chi connectivity index (χ4n) is 3.56. The summed E-state index contributed by atoms with van der Waals surface area (Å²) in [6.45, 7) is 2.30. The normalized spacial score (nSPS) is 14.3. The highest BCUT2D eigenvalue weighted by Crippen LogP contribution is 2.32. The summed E-state index contributed by atoms with van der Waals surface area (Å²) in [5.74, 6) is 0.781. The Bertz CT molecular complexity index is 1080. The molecule has 0 amide bonds. The number of hydrogen-bond donors (Lipinski definition) is 1. The number of hydrogen-bond acceptors (Lipinski definition) is 5. The summed E-state index contributed by atoms with van der Waals surface area (Å²) in [6, 6.07) is 12.4. The molecule has 0 aliphatic carbocycles. The number of benzene rings is 2. The van der Waals surface area contributed by atoms with Crippen LogP contribution in [0.25, 0.3) is 0 Å². The Hall–Kier alpha value is -2.26. The molecule has 1 heterocycles. The molecule has 30 heavy (non-hydrogen) atoms. The lowest BCUT2D eigenvalue weighted by Gasteiger charge is -2.30. The second kappa shape index (κ2) is 9.26. The van der Waals surface area contributed by atoms with Crippen LogP contribution in [0.5, 0.6) is 5.75 Å². The van der Waals surface area contributed by atoms with Crippen LogP contribution < -0.4 is 13.8 Å². The molecule has 9 heteroatoms. The van der Waals surface area contributed by atoms with E-state index in [1.54, 1.807) is 37.4 Å². The molecule has 2 aromatic rings. The molecule has 0 radical (unpaired) electrons. The minimum absolute atomic E-state index is 0.0482. The van der Waals surface area contributed by atoms with Crippen molar-refractivity contribution in [2.75, 3.05) is 34.2 Å². The third-order valence-corrected chi connectivity index (χ3v) is 8.31. The molecule has 1 N–H and O–H groups in total. The van der Waals surface area contributed by atoms with Gasteiger partial charge in [-0.3, -0.25) is 9.03 Å². The maximum absolute atomic E-state index is 12.5. The number of ether oxygens (including phenoxy) is 1. The topological polar surface area (TPSA) is 92.8 Å². The van der Waals surface area contributed by atoms with Gasteiger partial charge in [0.15, 0.2) is 0 Å². The van der Waals surface area contributed by atoms with Crippen LogP contribution in [0.2, 0.25) is 0 Å². The second-order valence-electron chi connectivity index (χ2n) is 7.35. The van der Waals surface area contributed by atoms with Crippen molar-refractivity contribution in [2.24, 2.45) is 0 Å². The van der Waals surface area contributed by atoms with Crippen molar-refractivity contribution in [2.45, 2.75) is 32.6 Å². The highest BCUT2D eigenvalue weighted by atomic mass is 32.2. The summed E-state index contributed by atoms with van der Waals surface area (Å²) < 4.78 is 59.3. The Morgan fingerprint density at radius 1 is 1.03 bits per heavy atom. The minimum Gasteiger partial charge on any atom is -0.497 e. The smallest absolute Gasteiger partial charge is 0.235 e. The average Bonchev–Trinajstić information content (AvgIpc) is 2.72. The first-order chi connectivity index (χ1) is 14.2. The van der Waals surface area contributed by atoms with E-state index in [-0.39, 0.29) is 11.5 Å². The molecule has 3 rings (SSSR count). The van der Waals surface area contributed by atoms with E-state index in [4.69, 9.17) is 4.74 Å². The van der Waals surface area contributed by atoms with Crippen LogP contribution in [0.15, 0.2) is 42.5 Å². The molecule has 0 bridgehead atoms. The van der Waals surface area contributed by atoms with Crippen molar-refractivity contribution < 1.29 is 21.6 Å². The number of sulfonamides is 2. The summed E-state index contributed by atoms with van der Waals surface area (Å²) >= 11 is 0. The van der Waals surface area contributed by atoms with Crippen molar-refractivity contribution in [3.8, 4) is 5.75 Å². The first-order valence-corrected chi connectivity index (χ1v) is 13.3. The van der Waals surface area contributed by atoms with Gasteiger partial charge in [-0.1, -0.05) is 19.1 Å². The molecule has 0 aromatic heterocycles. The van der Waals surface area contributed by atoms with E-state index in [0.717, 1.165) is 23.3 Å². The molecule has 0 saturated carbocycles. The zero-order chi connectivity index (χ0) is 21.8. The van der Waals surface area contributed by atoms with Gasteiger partial charge in [0.1, 0.15) is 5.75 Å². The van der Waals surface area contributed by atoms with Gasteiger partial charge in [0.25, 0.3) is 0 Å². The summed E-state index contributed by atoms with van der Waals surface area (Å²) in [7, 11) is -5.31. The molecular formula is C21H28N2O5S2. The molecule has 0 fully saturated rings. The third kappa shape index (κ3) is 5.46. The van der Waals surface area contributed by atoms with Crippen molar-refractivity contribution >= 4 is 31.4 Å². The molecule has 0 saturated heterocycles. The van der Waals surface area contributed by atoms with E-state index in [0.29, 0.717) is 37.2 Å². The van der Waals surface area contributed by atoms with Crippen LogP contribution in [-0.2, 0) is 32.9 Å². The van der Waals surface area contributed by atoms with Crippen LogP contribution >= 0.6 is 0 Å². The van der Waals surface area contributed by atoms with Gasteiger partial charge in [0, 0.05) is 12.2 Å². The molecule has 1 aliphatic heterocycles. The first-order valence-electron chi connectivity index (χ1n) is 10.0. The van der Waals surface area contributed by atoms with E-state index >= 15 is 0 Å². The fraction of sp³-hybridized carbons (Fsp3) is 0.429. The van der Waals surface area contributed by atoms with E-state index < -0.39 is 20.0 Å². The Morgan fingerprint density at radius 2 is 1.77 bits per heavy atom. The maximum atomic E-state index is 12.5. The Morgan fingerprint density at radius 3 is 2.43 bits per heavy atom. The van der Waals surface area contributed by atoms with Gasteiger partial charge in [-0.25, -0.2) is 16.8 Å². The summed E-state index contributed by atoms with van der Waals surface area (Å²) in [5, 5.41) is 0. The third-order valence-electron chi connectivity index (χ3n) is 5.05. The van der Waals surface area contributed by atoms with Crippen molar-refractivity contribution in [3.63, 3.8) is 0 Å². The lowest BCUT2D eigenvalue weighted by Crippen LogP contribution is -2.37. The van der Waals surface area contributed by atoms with E-state index in [2.05, 4.69) is 4.72 Å². The maximum Gasteiger partial charge on any atom is 0.235 e. The largest absolute Gasteiger partial charge is 0.497 e. The van der Waals surface area contributed by atoms with Gasteiger partial charge in [0.05, 0.1) is 24.3 Å². The molecule has 0 atom stereocenters. The van der Waals surface area contributed by atoms with Crippen LogP contribution in [0.4, 0.5) is 11.4 Å². The van der Waals surface area contributed by atoms with Crippen LogP contribution in [0, 0.1) is 0 Å². The monoisotopic (exact) mass is 452 g/mol. The van der Waals surface area contributed by atoms with Gasteiger partial charge in [-0.05, 0) is 67.1 Å². The number of rotatable bonds is 9. The number of fused-ring (bicyclic) bond motifs is 1. The number of nitrogens with zero attached hydrogens (tertiary/aromatic N) is 1. The lowest BCUT2D eigenvalue weighted by molar-refractivity contribution is 0.414. The van der Waals surface area contributed by atoms with Crippen molar-refractivity contribution in [1.82, 2.24) is 0 Å². The fourth-order valence-corrected chi connectivity index (χ4v) is 6.27. The summed E-state index contributed by atoms with van der Waals surface area (Å²) in [6.07, 6.45) is 2.37. The molecule has 0 spiro atoms. The zero-order valence-electron chi connectivity index (χ0n) is 17.3. The Balaban J connectivity index is 1.70. The number of nitrogens with one attached hydrogen (secondary N) is 1. The first kappa shape index (κ1) is 22.4. The molecule has 0 unspecified atom stereocenters. The van der Waals surface area contributed by atoms with Crippen LogP contribution in [0.3, 0.4) is 0 Å². The number of aryl methyl sites for hydroxylation is 2. The summed E-state index contributed by atoms with van der Waals surface area (Å²) in [5.41, 5.74) is 2.86. The van der Waals surface area contributed by atoms with Crippen molar-refractivity contribution in [3.05, 3.63) is 53.6 Å². The predicted octanol–water partition coefficient (Wildman–Crippen LogP) is 3.17. The van der Waals surface area contributed by atoms with Gasteiger partial charge in [-0.15, -0.1) is 0 Å². The van der Waals surface area contributed by atoms with Gasteiger partial charge in [0.2, 0.25) is 20.0 Å². The lowest BCUT2D eigenvalue weighted by atomic mass is 10.0. The second-order valence-corrected chi connectivity index (χ2v) is 11.2. The Labute approximate surface area is 179 Å². The van der Waals surface area contributed by atoms with Gasteiger partial charge >= 0.3 is 0 Å². The number of anilines is 2. The summed E-state index contributed by atoms with van der Waals surface area (Å²) in [4.78, 5) is 0. The van der Waals surface area contributed by atoms with E-state index in [1.807, 2.05) is 19.1 Å². The van der Waals surface area contributed by atoms with Gasteiger partial charge < -0.3 is 4.74 Å². The molecular weight excluding hydrogens is 424 g/mol. The molecule has 164 valence electrons. The zero-order valence-corrected chi connectivity index (χ0v) is 18.9. The van der Waals surface area contributed by atoms with Crippen LogP contribution in [0.1, 0.15) is 30.9 Å². The predicted molar refractivity (Wildman–Crippen MR) is 120 cm³/mol. The van der Waals surface area contributed by atoms with Gasteiger partial charge in [-0.2, -0.15) is 0 Å². The van der Waals surface area contributed by atoms with E-state index in [9.17, 15) is 16.8 Å². The SMILES string of the molecule is CCCS(=O)(=O)N1CCCc2cc(NS(=O)(=O)CCc3ccc(OC)cc3)ccc21. The minimum atomic E-state index is -3.54. The average molecular weight is 453 g/mol. The molecule has 7 nitrogen and oxygen atoms in total. The standard InChI is InChI=1S/C21H28N2O5S2/c1-3-14-30(26,27)23-13-4-5-18-16-19(8-11-21(18)23)22-29(24,25)15-12-17-6-9-20(28-2)10-7-17/h6-11,16,22H,3-5,12-15H2,1-2H3. The molecule has 2 aromatic carbocycles.